The predicted molar refractivity (Wildman–Crippen MR) is 97.1 cm³/mol. The third-order valence-corrected chi connectivity index (χ3v) is 4.93. The quantitative estimate of drug-likeness (QED) is 0.771. The second-order valence-electron chi connectivity index (χ2n) is 6.65. The molecule has 1 unspecified atom stereocenters. The summed E-state index contributed by atoms with van der Waals surface area (Å²) < 4.78 is 0. The van der Waals surface area contributed by atoms with Gasteiger partial charge in [-0.15, -0.1) is 0 Å². The number of carbonyl (C=O) groups is 2. The molecule has 0 spiro atoms. The fraction of sp³-hybridized carbons (Fsp3) is 0.647. The van der Waals surface area contributed by atoms with Gasteiger partial charge in [0, 0.05) is 25.6 Å². The van der Waals surface area contributed by atoms with E-state index in [0.29, 0.717) is 35.8 Å². The average Bonchev–Trinajstić information content (AvgIpc) is 2.53. The molecule has 0 saturated carbocycles. The molecule has 2 rings (SSSR count). The van der Waals surface area contributed by atoms with E-state index in [9.17, 15) is 9.59 Å². The van der Waals surface area contributed by atoms with Crippen molar-refractivity contribution < 1.29 is 9.59 Å². The fourth-order valence-corrected chi connectivity index (χ4v) is 3.56. The van der Waals surface area contributed by atoms with Crippen LogP contribution < -0.4 is 11.1 Å². The van der Waals surface area contributed by atoms with Crippen LogP contribution in [-0.4, -0.2) is 45.8 Å². The van der Waals surface area contributed by atoms with Gasteiger partial charge in [-0.05, 0) is 45.4 Å². The summed E-state index contributed by atoms with van der Waals surface area (Å²) in [6.07, 6.45) is 3.55. The van der Waals surface area contributed by atoms with Crippen LogP contribution in [0.2, 0.25) is 5.15 Å². The number of anilines is 1. The number of aryl methyl sites for hydroxylation is 1. The molecule has 0 bridgehead atoms. The molecule has 1 saturated heterocycles. The number of nitrogens with two attached hydrogens (primary N) is 1. The van der Waals surface area contributed by atoms with E-state index in [-0.39, 0.29) is 11.8 Å². The van der Waals surface area contributed by atoms with E-state index < -0.39 is 6.04 Å². The lowest BCUT2D eigenvalue weighted by Crippen LogP contribution is -2.49. The number of nitrogens with zero attached hydrogens (tertiary/aromatic N) is 3. The van der Waals surface area contributed by atoms with E-state index in [4.69, 9.17) is 17.3 Å². The lowest BCUT2D eigenvalue weighted by molar-refractivity contribution is -0.136. The minimum atomic E-state index is -0.475. The highest BCUT2D eigenvalue weighted by Crippen LogP contribution is 2.26. The number of hydrogen-bond acceptors (Lipinski definition) is 5. The van der Waals surface area contributed by atoms with E-state index >= 15 is 0 Å². The van der Waals surface area contributed by atoms with Crippen LogP contribution in [0.3, 0.4) is 0 Å². The number of likely N-dealkylation sites (tertiary alicyclic amines) is 1. The van der Waals surface area contributed by atoms with Crippen molar-refractivity contribution in [1.82, 2.24) is 20.2 Å². The topological polar surface area (TPSA) is 101 Å². The van der Waals surface area contributed by atoms with Gasteiger partial charge in [0.1, 0.15) is 22.8 Å². The van der Waals surface area contributed by atoms with Crippen LogP contribution in [0.25, 0.3) is 0 Å². The Morgan fingerprint density at radius 3 is 2.56 bits per heavy atom. The number of rotatable bonds is 5. The fourth-order valence-electron chi connectivity index (χ4n) is 3.24. The van der Waals surface area contributed by atoms with E-state index in [0.717, 1.165) is 31.2 Å². The maximum absolute atomic E-state index is 12.3. The summed E-state index contributed by atoms with van der Waals surface area (Å²) in [5.74, 6) is 1.33. The summed E-state index contributed by atoms with van der Waals surface area (Å²) in [6.45, 7) is 6.32. The highest BCUT2D eigenvalue weighted by atomic mass is 35.5. The number of nitrogen functional groups attached to an aromatic ring is 1. The number of amides is 2. The van der Waals surface area contributed by atoms with E-state index in [1.165, 1.54) is 6.92 Å². The smallest absolute Gasteiger partial charge is 0.244 e. The zero-order valence-corrected chi connectivity index (χ0v) is 15.8. The molecule has 1 aliphatic rings. The van der Waals surface area contributed by atoms with Crippen molar-refractivity contribution in [1.29, 1.82) is 0 Å². The van der Waals surface area contributed by atoms with Crippen molar-refractivity contribution in [2.24, 2.45) is 5.92 Å². The van der Waals surface area contributed by atoms with E-state index in [2.05, 4.69) is 15.3 Å². The van der Waals surface area contributed by atoms with Gasteiger partial charge in [-0.3, -0.25) is 9.59 Å². The maximum atomic E-state index is 12.3. The first-order chi connectivity index (χ1) is 11.8. The SMILES string of the molecule is CC(=O)NC(C)C(=O)N1CCC(CCc2c(N)nc(C)nc2Cl)CC1. The molecule has 0 aromatic carbocycles. The third kappa shape index (κ3) is 5.29. The zero-order valence-electron chi connectivity index (χ0n) is 15.0. The van der Waals surface area contributed by atoms with Crippen molar-refractivity contribution in [3.05, 3.63) is 16.5 Å². The van der Waals surface area contributed by atoms with Crippen molar-refractivity contribution in [3.63, 3.8) is 0 Å². The number of halogens is 1. The Bertz CT molecular complexity index is 621. The molecule has 1 aromatic heterocycles. The zero-order chi connectivity index (χ0) is 18.6. The van der Waals surface area contributed by atoms with Crippen LogP contribution in [0.4, 0.5) is 5.82 Å². The van der Waals surface area contributed by atoms with Gasteiger partial charge >= 0.3 is 0 Å². The summed E-state index contributed by atoms with van der Waals surface area (Å²) in [4.78, 5) is 33.5. The molecule has 8 heteroatoms. The molecular weight excluding hydrogens is 342 g/mol. The summed E-state index contributed by atoms with van der Waals surface area (Å²) in [5, 5.41) is 3.07. The van der Waals surface area contributed by atoms with Gasteiger partial charge < -0.3 is 16.0 Å². The Hall–Kier alpha value is -1.89. The Morgan fingerprint density at radius 1 is 1.36 bits per heavy atom. The highest BCUT2D eigenvalue weighted by Gasteiger charge is 2.26. The summed E-state index contributed by atoms with van der Waals surface area (Å²) in [5.41, 5.74) is 6.76. The molecule has 0 aliphatic carbocycles. The molecule has 1 fully saturated rings. The largest absolute Gasteiger partial charge is 0.383 e. The van der Waals surface area contributed by atoms with Crippen LogP contribution in [0.5, 0.6) is 0 Å². The molecule has 2 heterocycles. The Morgan fingerprint density at radius 2 is 2.00 bits per heavy atom. The molecular formula is C17H26ClN5O2. The van der Waals surface area contributed by atoms with Crippen molar-refractivity contribution >= 4 is 29.2 Å². The molecule has 1 aliphatic heterocycles. The molecule has 25 heavy (non-hydrogen) atoms. The first-order valence-corrected chi connectivity index (χ1v) is 9.00. The first kappa shape index (κ1) is 19.4. The van der Waals surface area contributed by atoms with Crippen LogP contribution in [0, 0.1) is 12.8 Å². The molecule has 2 amide bonds. The van der Waals surface area contributed by atoms with Gasteiger partial charge in [0.25, 0.3) is 0 Å². The van der Waals surface area contributed by atoms with Gasteiger partial charge in [0.15, 0.2) is 0 Å². The van der Waals surface area contributed by atoms with Crippen molar-refractivity contribution in [3.8, 4) is 0 Å². The normalized spacial score (nSPS) is 16.6. The number of aromatic nitrogens is 2. The first-order valence-electron chi connectivity index (χ1n) is 8.62. The maximum Gasteiger partial charge on any atom is 0.244 e. The third-order valence-electron chi connectivity index (χ3n) is 4.62. The summed E-state index contributed by atoms with van der Waals surface area (Å²) in [7, 11) is 0. The minimum absolute atomic E-state index is 0.0205. The standard InChI is InChI=1S/C17H26ClN5O2/c1-10(20-12(3)24)17(25)23-8-6-13(7-9-23)4-5-14-15(18)21-11(2)22-16(14)19/h10,13H,4-9H2,1-3H3,(H,20,24)(H2,19,21,22). The number of piperidine rings is 1. The minimum Gasteiger partial charge on any atom is -0.383 e. The second-order valence-corrected chi connectivity index (χ2v) is 7.01. The summed E-state index contributed by atoms with van der Waals surface area (Å²) in [6, 6.07) is -0.475. The lowest BCUT2D eigenvalue weighted by atomic mass is 9.90. The van der Waals surface area contributed by atoms with Gasteiger partial charge in [0.2, 0.25) is 11.8 Å². The number of carbonyl (C=O) groups excluding carboxylic acids is 2. The van der Waals surface area contributed by atoms with Crippen molar-refractivity contribution in [2.75, 3.05) is 18.8 Å². The highest BCUT2D eigenvalue weighted by molar-refractivity contribution is 6.30. The second kappa shape index (κ2) is 8.47. The van der Waals surface area contributed by atoms with E-state index in [1.807, 2.05) is 4.90 Å². The average molecular weight is 368 g/mol. The number of nitrogens with one attached hydrogen (secondary N) is 1. The van der Waals surface area contributed by atoms with E-state index in [1.54, 1.807) is 13.8 Å². The molecule has 3 N–H and O–H groups in total. The summed E-state index contributed by atoms with van der Waals surface area (Å²) >= 11 is 6.18. The predicted octanol–water partition coefficient (Wildman–Crippen LogP) is 1.72. The lowest BCUT2D eigenvalue weighted by Gasteiger charge is -2.33. The molecule has 0 radical (unpaired) electrons. The molecule has 1 aromatic rings. The van der Waals surface area contributed by atoms with Gasteiger partial charge in [-0.2, -0.15) is 0 Å². The number of hydrogen-bond donors (Lipinski definition) is 2. The van der Waals surface area contributed by atoms with Crippen LogP contribution in [0.1, 0.15) is 44.5 Å². The van der Waals surface area contributed by atoms with Crippen LogP contribution in [-0.2, 0) is 16.0 Å². The van der Waals surface area contributed by atoms with Crippen LogP contribution in [0.15, 0.2) is 0 Å². The van der Waals surface area contributed by atoms with Crippen LogP contribution >= 0.6 is 11.6 Å². The Kier molecular flexibility index (Phi) is 6.58. The Labute approximate surface area is 153 Å². The molecule has 7 nitrogen and oxygen atoms in total. The molecule has 138 valence electrons. The monoisotopic (exact) mass is 367 g/mol. The Balaban J connectivity index is 1.83. The van der Waals surface area contributed by atoms with Crippen molar-refractivity contribution in [2.45, 2.75) is 52.5 Å². The van der Waals surface area contributed by atoms with Gasteiger partial charge in [-0.1, -0.05) is 11.6 Å². The van der Waals surface area contributed by atoms with Gasteiger partial charge in [-0.25, -0.2) is 9.97 Å². The van der Waals surface area contributed by atoms with Gasteiger partial charge in [0.05, 0.1) is 0 Å². The molecule has 1 atom stereocenters.